The molecule has 3 unspecified atom stereocenters. The van der Waals surface area contributed by atoms with Crippen LogP contribution in [0.2, 0.25) is 0 Å². The molecule has 3 atom stereocenters. The van der Waals surface area contributed by atoms with Gasteiger partial charge < -0.3 is 10.4 Å². The average molecular weight is 338 g/mol. The minimum absolute atomic E-state index is 0.157. The molecule has 0 radical (unpaired) electrons. The highest BCUT2D eigenvalue weighted by molar-refractivity contribution is 5.79. The standard InChI is InChI=1S/C19H22N4O2/c1-12-8-10-14(11-9-12)18(24)17(13(2)19(25)20-3)23-16-7-5-4-6-15(16)21-22-23/h4-11,13,17-18,24H,1-3H3,(H,20,25). The minimum atomic E-state index is -0.891. The average Bonchev–Trinajstić information content (AvgIpc) is 3.05. The molecule has 3 rings (SSSR count). The van der Waals surface area contributed by atoms with Gasteiger partial charge in [0.05, 0.1) is 17.5 Å². The third-order valence-corrected chi connectivity index (χ3v) is 4.57. The second-order valence-electron chi connectivity index (χ2n) is 6.27. The zero-order valence-corrected chi connectivity index (χ0v) is 14.5. The molecule has 0 bridgehead atoms. The molecule has 1 aromatic heterocycles. The number of rotatable bonds is 5. The quantitative estimate of drug-likeness (QED) is 0.749. The molecule has 1 amide bonds. The zero-order chi connectivity index (χ0) is 18.0. The number of hydrogen-bond donors (Lipinski definition) is 2. The van der Waals surface area contributed by atoms with Crippen LogP contribution in [-0.2, 0) is 4.79 Å². The normalized spacial score (nSPS) is 14.9. The van der Waals surface area contributed by atoms with Crippen molar-refractivity contribution in [1.29, 1.82) is 0 Å². The molecule has 2 N–H and O–H groups in total. The van der Waals surface area contributed by atoms with Crippen molar-refractivity contribution in [3.8, 4) is 0 Å². The van der Waals surface area contributed by atoms with Gasteiger partial charge in [-0.05, 0) is 24.6 Å². The van der Waals surface area contributed by atoms with Crippen molar-refractivity contribution in [2.75, 3.05) is 7.05 Å². The van der Waals surface area contributed by atoms with Gasteiger partial charge in [0, 0.05) is 7.05 Å². The Balaban J connectivity index is 2.09. The fraction of sp³-hybridized carbons (Fsp3) is 0.316. The van der Waals surface area contributed by atoms with Crippen LogP contribution < -0.4 is 5.32 Å². The number of benzene rings is 2. The molecule has 0 aliphatic carbocycles. The molecule has 3 aromatic rings. The van der Waals surface area contributed by atoms with E-state index >= 15 is 0 Å². The molecule has 130 valence electrons. The highest BCUT2D eigenvalue weighted by Crippen LogP contribution is 2.34. The third-order valence-electron chi connectivity index (χ3n) is 4.57. The first-order valence-corrected chi connectivity index (χ1v) is 8.29. The van der Waals surface area contributed by atoms with Gasteiger partial charge in [-0.1, -0.05) is 54.1 Å². The topological polar surface area (TPSA) is 80.0 Å². The van der Waals surface area contributed by atoms with Gasteiger partial charge in [-0.15, -0.1) is 5.10 Å². The van der Waals surface area contributed by atoms with Crippen molar-refractivity contribution < 1.29 is 9.90 Å². The van der Waals surface area contributed by atoms with Crippen LogP contribution in [0.1, 0.15) is 30.2 Å². The van der Waals surface area contributed by atoms with Crippen LogP contribution in [0, 0.1) is 12.8 Å². The molecule has 2 aromatic carbocycles. The van der Waals surface area contributed by atoms with Crippen molar-refractivity contribution >= 4 is 16.9 Å². The summed E-state index contributed by atoms with van der Waals surface area (Å²) in [7, 11) is 1.59. The van der Waals surface area contributed by atoms with E-state index in [1.54, 1.807) is 18.7 Å². The number of hydrogen-bond acceptors (Lipinski definition) is 4. The van der Waals surface area contributed by atoms with Crippen LogP contribution in [-0.4, -0.2) is 33.1 Å². The summed E-state index contributed by atoms with van der Waals surface area (Å²) in [5, 5.41) is 22.1. The van der Waals surface area contributed by atoms with E-state index in [0.29, 0.717) is 0 Å². The van der Waals surface area contributed by atoms with Gasteiger partial charge in [0.15, 0.2) is 0 Å². The summed E-state index contributed by atoms with van der Waals surface area (Å²) < 4.78 is 1.65. The maximum absolute atomic E-state index is 12.3. The Kier molecular flexibility index (Phi) is 4.81. The molecular weight excluding hydrogens is 316 g/mol. The lowest BCUT2D eigenvalue weighted by Crippen LogP contribution is -2.35. The lowest BCUT2D eigenvalue weighted by atomic mass is 9.91. The molecule has 0 saturated carbocycles. The fourth-order valence-corrected chi connectivity index (χ4v) is 3.07. The number of fused-ring (bicyclic) bond motifs is 1. The number of aliphatic hydroxyl groups excluding tert-OH is 1. The molecule has 0 aliphatic heterocycles. The molecule has 6 nitrogen and oxygen atoms in total. The fourth-order valence-electron chi connectivity index (χ4n) is 3.07. The van der Waals surface area contributed by atoms with E-state index in [-0.39, 0.29) is 5.91 Å². The van der Waals surface area contributed by atoms with E-state index in [2.05, 4.69) is 15.6 Å². The van der Waals surface area contributed by atoms with Gasteiger partial charge in [0.1, 0.15) is 11.6 Å². The highest BCUT2D eigenvalue weighted by atomic mass is 16.3. The first-order chi connectivity index (χ1) is 12.0. The molecule has 0 saturated heterocycles. The molecular formula is C19H22N4O2. The van der Waals surface area contributed by atoms with Gasteiger partial charge in [0.25, 0.3) is 0 Å². The van der Waals surface area contributed by atoms with Crippen molar-refractivity contribution in [3.05, 3.63) is 59.7 Å². The summed E-state index contributed by atoms with van der Waals surface area (Å²) in [5.74, 6) is -0.651. The Morgan fingerprint density at radius 3 is 2.52 bits per heavy atom. The zero-order valence-electron chi connectivity index (χ0n) is 14.5. The van der Waals surface area contributed by atoms with Crippen LogP contribution in [0.5, 0.6) is 0 Å². The van der Waals surface area contributed by atoms with Crippen molar-refractivity contribution in [2.45, 2.75) is 26.0 Å². The van der Waals surface area contributed by atoms with Crippen LogP contribution >= 0.6 is 0 Å². The van der Waals surface area contributed by atoms with Crippen molar-refractivity contribution in [1.82, 2.24) is 20.3 Å². The summed E-state index contributed by atoms with van der Waals surface area (Å²) in [5.41, 5.74) is 3.37. The third kappa shape index (κ3) is 3.25. The van der Waals surface area contributed by atoms with Crippen LogP contribution in [0.4, 0.5) is 0 Å². The number of aliphatic hydroxyl groups is 1. The van der Waals surface area contributed by atoms with Gasteiger partial charge in [-0.3, -0.25) is 4.79 Å². The van der Waals surface area contributed by atoms with Gasteiger partial charge in [-0.2, -0.15) is 0 Å². The van der Waals surface area contributed by atoms with Crippen LogP contribution in [0.3, 0.4) is 0 Å². The van der Waals surface area contributed by atoms with Gasteiger partial charge in [0.2, 0.25) is 5.91 Å². The van der Waals surface area contributed by atoms with E-state index in [1.807, 2.05) is 55.5 Å². The minimum Gasteiger partial charge on any atom is -0.386 e. The van der Waals surface area contributed by atoms with Crippen molar-refractivity contribution in [2.24, 2.45) is 5.92 Å². The van der Waals surface area contributed by atoms with Crippen LogP contribution in [0.25, 0.3) is 11.0 Å². The maximum atomic E-state index is 12.3. The number of amides is 1. The number of nitrogens with one attached hydrogen (secondary N) is 1. The van der Waals surface area contributed by atoms with Crippen LogP contribution in [0.15, 0.2) is 48.5 Å². The second kappa shape index (κ2) is 7.03. The number of carbonyl (C=O) groups is 1. The number of nitrogens with zero attached hydrogens (tertiary/aromatic N) is 3. The molecule has 6 heteroatoms. The first kappa shape index (κ1) is 17.1. The van der Waals surface area contributed by atoms with E-state index < -0.39 is 18.1 Å². The number of aryl methyl sites for hydroxylation is 1. The van der Waals surface area contributed by atoms with Crippen molar-refractivity contribution in [3.63, 3.8) is 0 Å². The Morgan fingerprint density at radius 2 is 1.84 bits per heavy atom. The molecule has 25 heavy (non-hydrogen) atoms. The van der Waals surface area contributed by atoms with E-state index in [0.717, 1.165) is 22.2 Å². The second-order valence-corrected chi connectivity index (χ2v) is 6.27. The maximum Gasteiger partial charge on any atom is 0.224 e. The van der Waals surface area contributed by atoms with Gasteiger partial charge in [-0.25, -0.2) is 4.68 Å². The highest BCUT2D eigenvalue weighted by Gasteiger charge is 2.34. The van der Waals surface area contributed by atoms with E-state index in [1.165, 1.54) is 0 Å². The van der Waals surface area contributed by atoms with E-state index in [4.69, 9.17) is 0 Å². The van der Waals surface area contributed by atoms with Gasteiger partial charge >= 0.3 is 0 Å². The number of aromatic nitrogens is 3. The summed E-state index contributed by atoms with van der Waals surface area (Å²) in [6.45, 7) is 3.78. The monoisotopic (exact) mass is 338 g/mol. The lowest BCUT2D eigenvalue weighted by Gasteiger charge is -2.28. The number of para-hydroxylation sites is 1. The molecule has 0 spiro atoms. The Morgan fingerprint density at radius 1 is 1.16 bits per heavy atom. The van der Waals surface area contributed by atoms with E-state index in [9.17, 15) is 9.90 Å². The molecule has 0 fully saturated rings. The summed E-state index contributed by atoms with van der Waals surface area (Å²) in [6.07, 6.45) is -0.891. The predicted molar refractivity (Wildman–Crippen MR) is 95.9 cm³/mol. The Bertz CT molecular complexity index is 873. The number of carbonyl (C=O) groups excluding carboxylic acids is 1. The predicted octanol–water partition coefficient (Wildman–Crippen LogP) is 2.40. The largest absolute Gasteiger partial charge is 0.386 e. The Labute approximate surface area is 146 Å². The summed E-state index contributed by atoms with van der Waals surface area (Å²) in [4.78, 5) is 12.3. The SMILES string of the molecule is CNC(=O)C(C)C(C(O)c1ccc(C)cc1)n1nnc2ccccc21. The summed E-state index contributed by atoms with van der Waals surface area (Å²) in [6, 6.07) is 14.6. The Hall–Kier alpha value is -2.73. The molecule has 1 heterocycles. The summed E-state index contributed by atoms with van der Waals surface area (Å²) >= 11 is 0. The molecule has 0 aliphatic rings. The smallest absolute Gasteiger partial charge is 0.224 e. The lowest BCUT2D eigenvalue weighted by molar-refractivity contribution is -0.127. The first-order valence-electron chi connectivity index (χ1n) is 8.29.